The third kappa shape index (κ3) is 4.34. The fourth-order valence-corrected chi connectivity index (χ4v) is 4.47. The van der Waals surface area contributed by atoms with Crippen LogP contribution in [0.25, 0.3) is 0 Å². The molecule has 0 saturated carbocycles. The smallest absolute Gasteiger partial charge is 0.428 e. The summed E-state index contributed by atoms with van der Waals surface area (Å²) >= 11 is 5.93. The minimum atomic E-state index is -0.414. The highest BCUT2D eigenvalue weighted by molar-refractivity contribution is 6.30. The van der Waals surface area contributed by atoms with Crippen molar-refractivity contribution in [2.24, 2.45) is 5.92 Å². The average Bonchev–Trinajstić information content (AvgIpc) is 3.17. The molecule has 0 radical (unpaired) electrons. The molecule has 4 rings (SSSR count). The number of nitrogens with zero attached hydrogens (tertiary/aromatic N) is 3. The molecule has 2 heterocycles. The Bertz CT molecular complexity index is 958. The van der Waals surface area contributed by atoms with Gasteiger partial charge in [-0.05, 0) is 55.2 Å². The Morgan fingerprint density at radius 3 is 2.42 bits per heavy atom. The van der Waals surface area contributed by atoms with E-state index in [0.29, 0.717) is 42.7 Å². The van der Waals surface area contributed by atoms with Gasteiger partial charge >= 0.3 is 6.09 Å². The molecule has 2 aromatic carbocycles. The van der Waals surface area contributed by atoms with E-state index in [1.54, 1.807) is 36.4 Å². The van der Waals surface area contributed by atoms with Crippen LogP contribution in [0.2, 0.25) is 5.02 Å². The number of carbonyl (C=O) groups is 2. The highest BCUT2D eigenvalue weighted by Gasteiger charge is 2.36. The van der Waals surface area contributed by atoms with Crippen molar-refractivity contribution in [1.29, 1.82) is 0 Å². The second-order valence-corrected chi connectivity index (χ2v) is 8.27. The molecule has 2 aromatic rings. The molecule has 2 amide bonds. The molecule has 0 unspecified atom stereocenters. The van der Waals surface area contributed by atoms with Crippen molar-refractivity contribution >= 4 is 29.3 Å². The number of amides is 2. The molecule has 8 heteroatoms. The van der Waals surface area contributed by atoms with Crippen molar-refractivity contribution in [3.8, 4) is 5.75 Å². The summed E-state index contributed by atoms with van der Waals surface area (Å²) in [5.74, 6) is 1.16. The van der Waals surface area contributed by atoms with Gasteiger partial charge in [-0.1, -0.05) is 17.7 Å². The first-order valence-electron chi connectivity index (χ1n) is 10.4. The second-order valence-electron chi connectivity index (χ2n) is 7.83. The number of hydrazine groups is 1. The van der Waals surface area contributed by atoms with E-state index in [0.717, 1.165) is 29.8 Å². The molecule has 2 aliphatic heterocycles. The molecule has 7 nitrogen and oxygen atoms in total. The largest absolute Gasteiger partial charge is 0.496 e. The van der Waals surface area contributed by atoms with Crippen LogP contribution in [0.1, 0.15) is 28.8 Å². The lowest BCUT2D eigenvalue weighted by Crippen LogP contribution is -2.47. The zero-order chi connectivity index (χ0) is 22.0. The summed E-state index contributed by atoms with van der Waals surface area (Å²) in [6, 6.07) is 12.7. The van der Waals surface area contributed by atoms with Gasteiger partial charge in [0.2, 0.25) is 0 Å². The molecule has 0 bridgehead atoms. The van der Waals surface area contributed by atoms with E-state index in [1.807, 2.05) is 28.1 Å². The molecular weight excluding hydrogens is 418 g/mol. The van der Waals surface area contributed by atoms with Crippen LogP contribution in [-0.2, 0) is 11.3 Å². The quantitative estimate of drug-likeness (QED) is 0.708. The van der Waals surface area contributed by atoms with Crippen molar-refractivity contribution < 1.29 is 19.1 Å². The Labute approximate surface area is 187 Å². The molecule has 0 aliphatic carbocycles. The summed E-state index contributed by atoms with van der Waals surface area (Å²) in [5, 5.41) is 4.23. The van der Waals surface area contributed by atoms with Gasteiger partial charge in [0.1, 0.15) is 5.75 Å². The molecule has 0 aromatic heterocycles. The van der Waals surface area contributed by atoms with E-state index in [4.69, 9.17) is 21.1 Å². The van der Waals surface area contributed by atoms with Crippen LogP contribution < -0.4 is 9.75 Å². The average molecular weight is 444 g/mol. The number of hydrogen-bond donors (Lipinski definition) is 0. The van der Waals surface area contributed by atoms with E-state index in [9.17, 15) is 9.59 Å². The van der Waals surface area contributed by atoms with Crippen molar-refractivity contribution in [3.05, 3.63) is 58.6 Å². The van der Waals surface area contributed by atoms with Gasteiger partial charge in [0.15, 0.2) is 0 Å². The molecule has 164 valence electrons. The van der Waals surface area contributed by atoms with Gasteiger partial charge < -0.3 is 14.4 Å². The van der Waals surface area contributed by atoms with Crippen molar-refractivity contribution in [2.75, 3.05) is 38.9 Å². The standard InChI is InChI=1S/C23H26ClN3O4/c1-30-21-5-3-4-20-19(21)15-26(27(20)23(29)31-2)14-16-10-12-25(13-11-16)22(28)17-6-8-18(24)9-7-17/h3-9,16H,10-15H2,1-2H3. The zero-order valence-corrected chi connectivity index (χ0v) is 18.5. The molecule has 1 saturated heterocycles. The highest BCUT2D eigenvalue weighted by Crippen LogP contribution is 2.38. The third-order valence-corrected chi connectivity index (χ3v) is 6.24. The lowest BCUT2D eigenvalue weighted by molar-refractivity contribution is 0.0662. The number of hydrogen-bond acceptors (Lipinski definition) is 5. The number of carbonyl (C=O) groups excluding carboxylic acids is 2. The lowest BCUT2D eigenvalue weighted by Gasteiger charge is -2.36. The second kappa shape index (κ2) is 9.16. The van der Waals surface area contributed by atoms with Crippen molar-refractivity contribution in [2.45, 2.75) is 19.4 Å². The molecule has 31 heavy (non-hydrogen) atoms. The summed E-state index contributed by atoms with van der Waals surface area (Å²) in [6.45, 7) is 2.66. The zero-order valence-electron chi connectivity index (χ0n) is 17.7. The summed E-state index contributed by atoms with van der Waals surface area (Å²) < 4.78 is 10.5. The fraction of sp³-hybridized carbons (Fsp3) is 0.391. The maximum Gasteiger partial charge on any atom is 0.428 e. The summed E-state index contributed by atoms with van der Waals surface area (Å²) in [6.07, 6.45) is 1.33. The number of ether oxygens (including phenoxy) is 2. The maximum absolute atomic E-state index is 12.8. The van der Waals surface area contributed by atoms with Gasteiger partial charge in [-0.25, -0.2) is 14.8 Å². The Morgan fingerprint density at radius 2 is 1.77 bits per heavy atom. The van der Waals surface area contributed by atoms with E-state index < -0.39 is 6.09 Å². The van der Waals surface area contributed by atoms with E-state index in [1.165, 1.54) is 7.11 Å². The van der Waals surface area contributed by atoms with E-state index in [-0.39, 0.29) is 5.91 Å². The number of anilines is 1. The van der Waals surface area contributed by atoms with Gasteiger partial charge in [0, 0.05) is 42.3 Å². The predicted octanol–water partition coefficient (Wildman–Crippen LogP) is 4.20. The van der Waals surface area contributed by atoms with Crippen LogP contribution in [-0.4, -0.2) is 55.8 Å². The Balaban J connectivity index is 1.41. The van der Waals surface area contributed by atoms with Gasteiger partial charge in [0.05, 0.1) is 19.9 Å². The topological polar surface area (TPSA) is 62.3 Å². The minimum absolute atomic E-state index is 0.0321. The third-order valence-electron chi connectivity index (χ3n) is 5.99. The van der Waals surface area contributed by atoms with Gasteiger partial charge in [-0.3, -0.25) is 4.79 Å². The Hall–Kier alpha value is -2.77. The molecule has 1 fully saturated rings. The molecule has 0 spiro atoms. The van der Waals surface area contributed by atoms with Crippen LogP contribution >= 0.6 is 11.6 Å². The van der Waals surface area contributed by atoms with Crippen LogP contribution in [0.4, 0.5) is 10.5 Å². The van der Waals surface area contributed by atoms with Crippen LogP contribution in [0.15, 0.2) is 42.5 Å². The monoisotopic (exact) mass is 443 g/mol. The number of rotatable bonds is 4. The normalized spacial score (nSPS) is 16.9. The summed E-state index contributed by atoms with van der Waals surface area (Å²) in [4.78, 5) is 27.1. The first kappa shape index (κ1) is 21.5. The maximum atomic E-state index is 12.8. The number of piperidine rings is 1. The molecule has 2 aliphatic rings. The van der Waals surface area contributed by atoms with E-state index in [2.05, 4.69) is 0 Å². The molecular formula is C23H26ClN3O4. The van der Waals surface area contributed by atoms with Gasteiger partial charge in [-0.15, -0.1) is 0 Å². The highest BCUT2D eigenvalue weighted by atomic mass is 35.5. The van der Waals surface area contributed by atoms with Crippen molar-refractivity contribution in [3.63, 3.8) is 0 Å². The van der Waals surface area contributed by atoms with Crippen LogP contribution in [0.3, 0.4) is 0 Å². The predicted molar refractivity (Wildman–Crippen MR) is 118 cm³/mol. The van der Waals surface area contributed by atoms with Crippen LogP contribution in [0.5, 0.6) is 5.75 Å². The number of halogens is 1. The van der Waals surface area contributed by atoms with Crippen LogP contribution in [0, 0.1) is 5.92 Å². The Morgan fingerprint density at radius 1 is 1.06 bits per heavy atom. The molecule has 0 atom stereocenters. The Kier molecular flexibility index (Phi) is 6.34. The van der Waals surface area contributed by atoms with Crippen molar-refractivity contribution in [1.82, 2.24) is 9.91 Å². The number of fused-ring (bicyclic) bond motifs is 1. The first-order valence-corrected chi connectivity index (χ1v) is 10.7. The summed E-state index contributed by atoms with van der Waals surface area (Å²) in [7, 11) is 3.02. The number of methoxy groups -OCH3 is 2. The first-order chi connectivity index (χ1) is 15.0. The lowest BCUT2D eigenvalue weighted by atomic mass is 9.96. The minimum Gasteiger partial charge on any atom is -0.496 e. The number of likely N-dealkylation sites (tertiary alicyclic amines) is 1. The van der Waals surface area contributed by atoms with Gasteiger partial charge in [0.25, 0.3) is 5.91 Å². The van der Waals surface area contributed by atoms with Gasteiger partial charge in [-0.2, -0.15) is 0 Å². The van der Waals surface area contributed by atoms with E-state index >= 15 is 0 Å². The fourth-order valence-electron chi connectivity index (χ4n) is 4.35. The number of benzene rings is 2. The summed E-state index contributed by atoms with van der Waals surface area (Å²) in [5.41, 5.74) is 2.43. The molecule has 0 N–H and O–H groups in total. The SMILES string of the molecule is COC(=O)N1c2cccc(OC)c2CN1CC1CCN(C(=O)c2ccc(Cl)cc2)CC1.